The first-order chi connectivity index (χ1) is 27.7. The van der Waals surface area contributed by atoms with Gasteiger partial charge in [0, 0.05) is 6.42 Å². The van der Waals surface area contributed by atoms with Gasteiger partial charge in [0.05, 0.1) is 6.61 Å². The van der Waals surface area contributed by atoms with Gasteiger partial charge in [-0.1, -0.05) is 283 Å². The SMILES string of the molecule is CCCCCCCC/C=C\CCCCCCCC(=O)OCCCCCCCCCCCCCCCCCCCCCCCCCCCCCCCCC(C)CC. The van der Waals surface area contributed by atoms with Crippen LogP contribution in [0.15, 0.2) is 12.2 Å². The van der Waals surface area contributed by atoms with Gasteiger partial charge < -0.3 is 4.74 Å². The van der Waals surface area contributed by atoms with E-state index in [0.717, 1.165) is 25.2 Å². The highest BCUT2D eigenvalue weighted by atomic mass is 16.5. The van der Waals surface area contributed by atoms with Gasteiger partial charge in [0.2, 0.25) is 0 Å². The van der Waals surface area contributed by atoms with Gasteiger partial charge in [0.15, 0.2) is 0 Å². The third kappa shape index (κ3) is 49.4. The van der Waals surface area contributed by atoms with E-state index in [4.69, 9.17) is 4.74 Å². The maximum atomic E-state index is 12.0. The van der Waals surface area contributed by atoms with Crippen LogP contribution in [0.25, 0.3) is 0 Å². The van der Waals surface area contributed by atoms with Crippen LogP contribution in [0.4, 0.5) is 0 Å². The summed E-state index contributed by atoms with van der Waals surface area (Å²) in [4.78, 5) is 12.0. The van der Waals surface area contributed by atoms with E-state index in [2.05, 4.69) is 32.9 Å². The normalized spacial score (nSPS) is 12.3. The van der Waals surface area contributed by atoms with Gasteiger partial charge in [-0.05, 0) is 44.4 Å². The molecule has 0 aliphatic heterocycles. The van der Waals surface area contributed by atoms with Crippen LogP contribution in [0.2, 0.25) is 0 Å². The van der Waals surface area contributed by atoms with Gasteiger partial charge in [-0.25, -0.2) is 0 Å². The molecule has 2 nitrogen and oxygen atoms in total. The van der Waals surface area contributed by atoms with E-state index in [1.807, 2.05) is 0 Å². The van der Waals surface area contributed by atoms with Crippen molar-refractivity contribution in [1.29, 1.82) is 0 Å². The Hall–Kier alpha value is -0.790. The molecular formula is C54H106O2. The summed E-state index contributed by atoms with van der Waals surface area (Å²) in [6, 6.07) is 0. The summed E-state index contributed by atoms with van der Waals surface area (Å²) in [5, 5.41) is 0. The van der Waals surface area contributed by atoms with Gasteiger partial charge in [0.25, 0.3) is 0 Å². The lowest BCUT2D eigenvalue weighted by atomic mass is 9.99. The second kappa shape index (κ2) is 50.4. The molecule has 0 aliphatic carbocycles. The minimum atomic E-state index is 0.0217. The number of unbranched alkanes of at least 4 members (excludes halogenated alkanes) is 40. The summed E-state index contributed by atoms with van der Waals surface area (Å²) >= 11 is 0. The van der Waals surface area contributed by atoms with Gasteiger partial charge in [-0.2, -0.15) is 0 Å². The average Bonchev–Trinajstić information content (AvgIpc) is 3.20. The number of ether oxygens (including phenoxy) is 1. The second-order valence-corrected chi connectivity index (χ2v) is 18.5. The molecule has 2 heteroatoms. The van der Waals surface area contributed by atoms with Crippen molar-refractivity contribution in [3.05, 3.63) is 12.2 Å². The third-order valence-electron chi connectivity index (χ3n) is 12.7. The van der Waals surface area contributed by atoms with Crippen LogP contribution in [-0.4, -0.2) is 12.6 Å². The molecule has 0 aromatic rings. The highest BCUT2D eigenvalue weighted by Crippen LogP contribution is 2.18. The van der Waals surface area contributed by atoms with E-state index in [0.29, 0.717) is 13.0 Å². The van der Waals surface area contributed by atoms with Crippen molar-refractivity contribution in [1.82, 2.24) is 0 Å². The Kier molecular flexibility index (Phi) is 49.6. The molecule has 0 saturated carbocycles. The first-order valence-electron chi connectivity index (χ1n) is 26.5. The van der Waals surface area contributed by atoms with Crippen LogP contribution in [0.1, 0.15) is 316 Å². The zero-order chi connectivity index (χ0) is 40.5. The van der Waals surface area contributed by atoms with Crippen molar-refractivity contribution in [2.24, 2.45) is 5.92 Å². The summed E-state index contributed by atoms with van der Waals surface area (Å²) in [7, 11) is 0. The molecular weight excluding hydrogens is 681 g/mol. The van der Waals surface area contributed by atoms with Crippen molar-refractivity contribution < 1.29 is 9.53 Å². The molecule has 0 saturated heterocycles. The molecule has 0 aromatic carbocycles. The number of esters is 1. The van der Waals surface area contributed by atoms with E-state index in [1.165, 1.54) is 270 Å². The molecule has 0 spiro atoms. The van der Waals surface area contributed by atoms with Gasteiger partial charge in [-0.3, -0.25) is 4.79 Å². The Bertz CT molecular complexity index is 743. The van der Waals surface area contributed by atoms with Gasteiger partial charge >= 0.3 is 5.97 Å². The van der Waals surface area contributed by atoms with Crippen LogP contribution in [0.3, 0.4) is 0 Å². The van der Waals surface area contributed by atoms with Crippen molar-refractivity contribution in [3.8, 4) is 0 Å². The van der Waals surface area contributed by atoms with Crippen LogP contribution in [0.5, 0.6) is 0 Å². The van der Waals surface area contributed by atoms with Crippen LogP contribution < -0.4 is 0 Å². The Morgan fingerprint density at radius 3 is 1.00 bits per heavy atom. The molecule has 56 heavy (non-hydrogen) atoms. The predicted octanol–water partition coefficient (Wildman–Crippen LogP) is 19.7. The maximum Gasteiger partial charge on any atom is 0.305 e. The Morgan fingerprint density at radius 1 is 0.375 bits per heavy atom. The summed E-state index contributed by atoms with van der Waals surface area (Å²) in [5.41, 5.74) is 0. The Labute approximate surface area is 355 Å². The maximum absolute atomic E-state index is 12.0. The van der Waals surface area contributed by atoms with Crippen molar-refractivity contribution >= 4 is 5.97 Å². The molecule has 1 unspecified atom stereocenters. The summed E-state index contributed by atoms with van der Waals surface area (Å²) in [6.07, 6.45) is 67.9. The third-order valence-corrected chi connectivity index (χ3v) is 12.7. The molecule has 334 valence electrons. The fraction of sp³-hybridized carbons (Fsp3) is 0.944. The topological polar surface area (TPSA) is 26.3 Å². The first-order valence-corrected chi connectivity index (χ1v) is 26.5. The molecule has 0 bridgehead atoms. The zero-order valence-corrected chi connectivity index (χ0v) is 39.3. The van der Waals surface area contributed by atoms with E-state index < -0.39 is 0 Å². The number of hydrogen-bond acceptors (Lipinski definition) is 2. The summed E-state index contributed by atoms with van der Waals surface area (Å²) in [5.74, 6) is 0.961. The minimum absolute atomic E-state index is 0.0217. The van der Waals surface area contributed by atoms with Gasteiger partial charge in [0.1, 0.15) is 0 Å². The quantitative estimate of drug-likeness (QED) is 0.0349. The number of hydrogen-bond donors (Lipinski definition) is 0. The molecule has 0 N–H and O–H groups in total. The number of allylic oxidation sites excluding steroid dienone is 2. The second-order valence-electron chi connectivity index (χ2n) is 18.5. The van der Waals surface area contributed by atoms with E-state index >= 15 is 0 Å². The number of rotatable bonds is 49. The summed E-state index contributed by atoms with van der Waals surface area (Å²) in [6.45, 7) is 7.64. The molecule has 0 aromatic heterocycles. The predicted molar refractivity (Wildman–Crippen MR) is 253 cm³/mol. The smallest absolute Gasteiger partial charge is 0.305 e. The van der Waals surface area contributed by atoms with Crippen molar-refractivity contribution in [2.75, 3.05) is 6.61 Å². The van der Waals surface area contributed by atoms with E-state index in [-0.39, 0.29) is 5.97 Å². The molecule has 0 amide bonds. The molecule has 0 radical (unpaired) electrons. The lowest BCUT2D eigenvalue weighted by molar-refractivity contribution is -0.143. The van der Waals surface area contributed by atoms with Crippen LogP contribution in [0, 0.1) is 5.92 Å². The Morgan fingerprint density at radius 2 is 0.661 bits per heavy atom. The molecule has 0 fully saturated rings. The average molecular weight is 787 g/mol. The molecule has 0 heterocycles. The molecule has 0 rings (SSSR count). The van der Waals surface area contributed by atoms with Crippen LogP contribution >= 0.6 is 0 Å². The van der Waals surface area contributed by atoms with Crippen LogP contribution in [-0.2, 0) is 9.53 Å². The first kappa shape index (κ1) is 55.2. The number of carbonyl (C=O) groups excluding carboxylic acids is 1. The Balaban J connectivity index is 3.15. The molecule has 1 atom stereocenters. The van der Waals surface area contributed by atoms with Crippen molar-refractivity contribution in [3.63, 3.8) is 0 Å². The lowest BCUT2D eigenvalue weighted by Crippen LogP contribution is -2.05. The minimum Gasteiger partial charge on any atom is -0.466 e. The fourth-order valence-corrected chi connectivity index (χ4v) is 8.35. The van der Waals surface area contributed by atoms with Gasteiger partial charge in [-0.15, -0.1) is 0 Å². The number of carbonyl (C=O) groups is 1. The highest BCUT2D eigenvalue weighted by Gasteiger charge is 2.03. The van der Waals surface area contributed by atoms with E-state index in [9.17, 15) is 4.79 Å². The standard InChI is InChI=1S/C54H106O2/c1-4-6-7-8-9-10-11-12-29-33-36-39-42-45-48-51-54(55)56-52-49-46-43-40-37-34-31-28-26-24-22-20-18-16-14-13-15-17-19-21-23-25-27-30-32-35-38-41-44-47-50-53(3)5-2/h12,29,53H,4-11,13-28,30-52H2,1-3H3/b29-12-. The van der Waals surface area contributed by atoms with Crippen molar-refractivity contribution in [2.45, 2.75) is 316 Å². The fourth-order valence-electron chi connectivity index (χ4n) is 8.35. The zero-order valence-electron chi connectivity index (χ0n) is 39.3. The molecule has 0 aliphatic rings. The van der Waals surface area contributed by atoms with E-state index in [1.54, 1.807) is 0 Å². The lowest BCUT2D eigenvalue weighted by Gasteiger charge is -2.07. The monoisotopic (exact) mass is 787 g/mol. The summed E-state index contributed by atoms with van der Waals surface area (Å²) < 4.78 is 5.48. The largest absolute Gasteiger partial charge is 0.466 e. The highest BCUT2D eigenvalue weighted by molar-refractivity contribution is 5.69.